The number of hydrogen-bond acceptors (Lipinski definition) is 3. The highest BCUT2D eigenvalue weighted by atomic mass is 16.3. The van der Waals surface area contributed by atoms with Gasteiger partial charge in [-0.15, -0.1) is 0 Å². The molecule has 0 bridgehead atoms. The summed E-state index contributed by atoms with van der Waals surface area (Å²) in [5.74, 6) is 0.469. The van der Waals surface area contributed by atoms with E-state index in [1.54, 1.807) is 0 Å². The second-order valence-electron chi connectivity index (χ2n) is 6.91. The van der Waals surface area contributed by atoms with Crippen molar-refractivity contribution < 1.29 is 5.11 Å². The van der Waals surface area contributed by atoms with Gasteiger partial charge in [-0.05, 0) is 55.9 Å². The number of aliphatic hydroxyl groups excluding tert-OH is 1. The molecule has 0 amide bonds. The van der Waals surface area contributed by atoms with Crippen LogP contribution in [0.4, 0.5) is 11.4 Å². The molecular formula is C21H28N2O. The highest BCUT2D eigenvalue weighted by Gasteiger charge is 2.20. The number of benzene rings is 2. The van der Waals surface area contributed by atoms with Crippen LogP contribution in [0.3, 0.4) is 0 Å². The predicted octanol–water partition coefficient (Wildman–Crippen LogP) is 4.12. The fraction of sp³-hybridized carbons (Fsp3) is 0.429. The molecule has 1 heterocycles. The first-order valence-electron chi connectivity index (χ1n) is 8.92. The number of anilines is 2. The van der Waals surface area contributed by atoms with E-state index < -0.39 is 0 Å². The van der Waals surface area contributed by atoms with Crippen molar-refractivity contribution in [1.82, 2.24) is 0 Å². The molecule has 2 aromatic rings. The van der Waals surface area contributed by atoms with Gasteiger partial charge in [0.15, 0.2) is 0 Å². The van der Waals surface area contributed by atoms with E-state index in [2.05, 4.69) is 66.5 Å². The van der Waals surface area contributed by atoms with Crippen LogP contribution in [-0.2, 0) is 6.54 Å². The van der Waals surface area contributed by atoms with Crippen molar-refractivity contribution in [3.8, 4) is 0 Å². The van der Waals surface area contributed by atoms with E-state index in [-0.39, 0.29) is 0 Å². The monoisotopic (exact) mass is 324 g/mol. The molecular weight excluding hydrogens is 296 g/mol. The number of nitrogens with one attached hydrogen (secondary N) is 1. The van der Waals surface area contributed by atoms with Crippen LogP contribution >= 0.6 is 0 Å². The number of aryl methyl sites for hydroxylation is 2. The fourth-order valence-electron chi connectivity index (χ4n) is 3.44. The molecule has 0 aliphatic carbocycles. The van der Waals surface area contributed by atoms with Gasteiger partial charge in [0.05, 0.1) is 11.4 Å². The van der Waals surface area contributed by atoms with Gasteiger partial charge in [-0.1, -0.05) is 35.9 Å². The molecule has 128 valence electrons. The minimum Gasteiger partial charge on any atom is -0.396 e. The number of para-hydroxylation sites is 2. The SMILES string of the molecule is Cc1ccc(C)c(CNc2ccccc2N2CCC(CO)CC2)c1. The number of aliphatic hydroxyl groups is 1. The van der Waals surface area contributed by atoms with Gasteiger partial charge in [0, 0.05) is 26.2 Å². The lowest BCUT2D eigenvalue weighted by molar-refractivity contribution is 0.203. The topological polar surface area (TPSA) is 35.5 Å². The lowest BCUT2D eigenvalue weighted by Gasteiger charge is -2.34. The van der Waals surface area contributed by atoms with Crippen LogP contribution in [0.15, 0.2) is 42.5 Å². The first-order valence-corrected chi connectivity index (χ1v) is 8.92. The minimum absolute atomic E-state index is 0.320. The van der Waals surface area contributed by atoms with E-state index in [0.717, 1.165) is 32.5 Å². The Morgan fingerprint density at radius 2 is 1.83 bits per heavy atom. The summed E-state index contributed by atoms with van der Waals surface area (Å²) >= 11 is 0. The van der Waals surface area contributed by atoms with E-state index >= 15 is 0 Å². The molecule has 0 aromatic heterocycles. The summed E-state index contributed by atoms with van der Waals surface area (Å²) in [4.78, 5) is 2.44. The molecule has 1 aliphatic heterocycles. The maximum Gasteiger partial charge on any atom is 0.0602 e. The highest BCUT2D eigenvalue weighted by molar-refractivity contribution is 5.70. The molecule has 3 rings (SSSR count). The largest absolute Gasteiger partial charge is 0.396 e. The number of rotatable bonds is 5. The fourth-order valence-corrected chi connectivity index (χ4v) is 3.44. The zero-order valence-corrected chi connectivity index (χ0v) is 14.8. The van der Waals surface area contributed by atoms with Crippen molar-refractivity contribution in [2.45, 2.75) is 33.2 Å². The Bertz CT molecular complexity index is 675. The average molecular weight is 324 g/mol. The summed E-state index contributed by atoms with van der Waals surface area (Å²) < 4.78 is 0. The Morgan fingerprint density at radius 3 is 2.58 bits per heavy atom. The van der Waals surface area contributed by atoms with Crippen LogP contribution in [0.25, 0.3) is 0 Å². The second kappa shape index (κ2) is 7.71. The number of nitrogens with zero attached hydrogens (tertiary/aromatic N) is 1. The van der Waals surface area contributed by atoms with Crippen LogP contribution in [0, 0.1) is 19.8 Å². The summed E-state index contributed by atoms with van der Waals surface area (Å²) in [6.07, 6.45) is 2.14. The first kappa shape index (κ1) is 16.8. The Labute approximate surface area is 145 Å². The lowest BCUT2D eigenvalue weighted by atomic mass is 9.97. The third kappa shape index (κ3) is 3.90. The smallest absolute Gasteiger partial charge is 0.0602 e. The summed E-state index contributed by atoms with van der Waals surface area (Å²) in [6, 6.07) is 15.2. The molecule has 1 fully saturated rings. The molecule has 0 spiro atoms. The van der Waals surface area contributed by atoms with Gasteiger partial charge < -0.3 is 15.3 Å². The normalized spacial score (nSPS) is 15.5. The molecule has 2 N–H and O–H groups in total. The lowest BCUT2D eigenvalue weighted by Crippen LogP contribution is -2.35. The zero-order chi connectivity index (χ0) is 16.9. The van der Waals surface area contributed by atoms with Gasteiger partial charge in [0.2, 0.25) is 0 Å². The Morgan fingerprint density at radius 1 is 1.08 bits per heavy atom. The van der Waals surface area contributed by atoms with Crippen LogP contribution < -0.4 is 10.2 Å². The predicted molar refractivity (Wildman–Crippen MR) is 102 cm³/mol. The molecule has 0 radical (unpaired) electrons. The molecule has 0 atom stereocenters. The molecule has 1 saturated heterocycles. The molecule has 3 nitrogen and oxygen atoms in total. The third-order valence-electron chi connectivity index (χ3n) is 5.09. The van der Waals surface area contributed by atoms with Crippen molar-refractivity contribution >= 4 is 11.4 Å². The van der Waals surface area contributed by atoms with Crippen molar-refractivity contribution in [1.29, 1.82) is 0 Å². The minimum atomic E-state index is 0.320. The van der Waals surface area contributed by atoms with Crippen LogP contribution in [0.5, 0.6) is 0 Å². The van der Waals surface area contributed by atoms with Gasteiger partial charge in [0.1, 0.15) is 0 Å². The van der Waals surface area contributed by atoms with Gasteiger partial charge in [-0.2, -0.15) is 0 Å². The Balaban J connectivity index is 1.71. The number of hydrogen-bond donors (Lipinski definition) is 2. The van der Waals surface area contributed by atoms with Crippen LogP contribution in [0.2, 0.25) is 0 Å². The molecule has 1 aliphatic rings. The van der Waals surface area contributed by atoms with Crippen molar-refractivity contribution in [2.24, 2.45) is 5.92 Å². The quantitative estimate of drug-likeness (QED) is 0.868. The van der Waals surface area contributed by atoms with E-state index in [9.17, 15) is 5.11 Å². The Kier molecular flexibility index (Phi) is 5.41. The van der Waals surface area contributed by atoms with Crippen molar-refractivity contribution in [3.05, 3.63) is 59.2 Å². The summed E-state index contributed by atoms with van der Waals surface area (Å²) in [6.45, 7) is 7.52. The molecule has 3 heteroatoms. The van der Waals surface area contributed by atoms with E-state index in [1.807, 2.05) is 0 Å². The highest BCUT2D eigenvalue weighted by Crippen LogP contribution is 2.30. The standard InChI is InChI=1S/C21H28N2O/c1-16-7-8-17(2)19(13-16)14-22-20-5-3-4-6-21(20)23-11-9-18(15-24)10-12-23/h3-8,13,18,22,24H,9-12,14-15H2,1-2H3. The first-order chi connectivity index (χ1) is 11.7. The zero-order valence-electron chi connectivity index (χ0n) is 14.8. The van der Waals surface area contributed by atoms with Gasteiger partial charge in [-0.25, -0.2) is 0 Å². The summed E-state index contributed by atoms with van der Waals surface area (Å²) in [7, 11) is 0. The summed E-state index contributed by atoms with van der Waals surface area (Å²) in [5.41, 5.74) is 6.45. The molecule has 2 aromatic carbocycles. The van der Waals surface area contributed by atoms with Crippen LogP contribution in [0.1, 0.15) is 29.5 Å². The van der Waals surface area contributed by atoms with Gasteiger partial charge in [0.25, 0.3) is 0 Å². The molecule has 0 saturated carbocycles. The van der Waals surface area contributed by atoms with Crippen molar-refractivity contribution in [3.63, 3.8) is 0 Å². The second-order valence-corrected chi connectivity index (χ2v) is 6.91. The molecule has 0 unspecified atom stereocenters. The number of piperidine rings is 1. The van der Waals surface area contributed by atoms with Gasteiger partial charge in [-0.3, -0.25) is 0 Å². The van der Waals surface area contributed by atoms with Gasteiger partial charge >= 0.3 is 0 Å². The van der Waals surface area contributed by atoms with Crippen LogP contribution in [-0.4, -0.2) is 24.8 Å². The van der Waals surface area contributed by atoms with E-state index in [0.29, 0.717) is 12.5 Å². The Hall–Kier alpha value is -2.00. The maximum absolute atomic E-state index is 9.33. The van der Waals surface area contributed by atoms with E-state index in [1.165, 1.54) is 28.1 Å². The molecule has 24 heavy (non-hydrogen) atoms. The third-order valence-corrected chi connectivity index (χ3v) is 5.09. The van der Waals surface area contributed by atoms with E-state index in [4.69, 9.17) is 0 Å². The maximum atomic E-state index is 9.33. The average Bonchev–Trinajstić information content (AvgIpc) is 2.63. The van der Waals surface area contributed by atoms with Crippen molar-refractivity contribution in [2.75, 3.05) is 29.9 Å². The summed E-state index contributed by atoms with van der Waals surface area (Å²) in [5, 5.41) is 13.0.